The summed E-state index contributed by atoms with van der Waals surface area (Å²) in [7, 11) is -1.85. The van der Waals surface area contributed by atoms with E-state index in [1.807, 2.05) is 48.5 Å². The lowest BCUT2D eigenvalue weighted by Gasteiger charge is -2.35. The first-order valence-electron chi connectivity index (χ1n) is 10.2. The van der Waals surface area contributed by atoms with Gasteiger partial charge in [-0.1, -0.05) is 30.3 Å². The second kappa shape index (κ2) is 7.45. The molecular weight excluding hydrogens is 396 g/mol. The molecule has 1 fully saturated rings. The molecule has 2 aliphatic rings. The fourth-order valence-electron chi connectivity index (χ4n) is 4.41. The highest BCUT2D eigenvalue weighted by Gasteiger charge is 2.30. The molecule has 3 aromatic carbocycles. The number of anilines is 1. The molecule has 0 N–H and O–H groups in total. The van der Waals surface area contributed by atoms with Crippen molar-refractivity contribution in [1.82, 2.24) is 4.31 Å². The second-order valence-corrected chi connectivity index (χ2v) is 9.68. The molecule has 3 aromatic rings. The van der Waals surface area contributed by atoms with E-state index in [1.165, 1.54) is 11.1 Å². The number of nitrogens with zero attached hydrogens (tertiary/aromatic N) is 2. The fraction of sp³-hybridized carbons (Fsp3) is 0.250. The monoisotopic (exact) mass is 420 g/mol. The van der Waals surface area contributed by atoms with E-state index in [1.54, 1.807) is 17.5 Å². The Balaban J connectivity index is 1.32. The van der Waals surface area contributed by atoms with E-state index < -0.39 is 10.0 Å². The first-order chi connectivity index (χ1) is 14.6. The largest absolute Gasteiger partial charge is 0.497 e. The molecule has 0 aromatic heterocycles. The highest BCUT2D eigenvalue weighted by atomic mass is 32.2. The third-order valence-electron chi connectivity index (χ3n) is 6.08. The molecule has 1 heterocycles. The molecule has 154 valence electrons. The maximum atomic E-state index is 13.3. The van der Waals surface area contributed by atoms with E-state index in [0.717, 1.165) is 29.0 Å². The number of methoxy groups -OCH3 is 1. The van der Waals surface area contributed by atoms with Crippen molar-refractivity contribution >= 4 is 15.7 Å². The zero-order valence-electron chi connectivity index (χ0n) is 16.9. The van der Waals surface area contributed by atoms with Crippen LogP contribution in [0, 0.1) is 0 Å². The number of benzene rings is 3. The van der Waals surface area contributed by atoms with E-state index in [0.29, 0.717) is 31.1 Å². The molecule has 1 aliphatic carbocycles. The maximum absolute atomic E-state index is 13.3. The Labute approximate surface area is 177 Å². The predicted octanol–water partition coefficient (Wildman–Crippen LogP) is 3.78. The Morgan fingerprint density at radius 2 is 1.50 bits per heavy atom. The van der Waals surface area contributed by atoms with Crippen molar-refractivity contribution < 1.29 is 13.2 Å². The smallest absolute Gasteiger partial charge is 0.243 e. The fourth-order valence-corrected chi connectivity index (χ4v) is 5.88. The first kappa shape index (κ1) is 19.2. The topological polar surface area (TPSA) is 49.9 Å². The van der Waals surface area contributed by atoms with Gasteiger partial charge in [-0.25, -0.2) is 8.42 Å². The Bertz CT molecular complexity index is 1180. The quantitative estimate of drug-likeness (QED) is 0.504. The van der Waals surface area contributed by atoms with Crippen molar-refractivity contribution in [1.29, 1.82) is 0 Å². The average molecular weight is 421 g/mol. The highest BCUT2D eigenvalue weighted by Crippen LogP contribution is 2.37. The van der Waals surface area contributed by atoms with Crippen molar-refractivity contribution in [3.8, 4) is 16.9 Å². The lowest BCUT2D eigenvalue weighted by Crippen LogP contribution is -2.48. The number of hydrogen-bond donors (Lipinski definition) is 0. The van der Waals surface area contributed by atoms with Gasteiger partial charge in [0.25, 0.3) is 0 Å². The van der Waals surface area contributed by atoms with Crippen LogP contribution in [0.15, 0.2) is 71.6 Å². The first-order valence-corrected chi connectivity index (χ1v) is 11.6. The van der Waals surface area contributed by atoms with Gasteiger partial charge < -0.3 is 9.64 Å². The summed E-state index contributed by atoms with van der Waals surface area (Å²) < 4.78 is 33.4. The summed E-state index contributed by atoms with van der Waals surface area (Å²) in [5, 5.41) is 0. The molecule has 0 radical (unpaired) electrons. The maximum Gasteiger partial charge on any atom is 0.243 e. The Hall–Kier alpha value is -2.83. The number of ether oxygens (including phenoxy) is 1. The Morgan fingerprint density at radius 1 is 0.800 bits per heavy atom. The van der Waals surface area contributed by atoms with Crippen LogP contribution >= 0.6 is 0 Å². The molecule has 0 unspecified atom stereocenters. The van der Waals surface area contributed by atoms with Crippen LogP contribution in [0.5, 0.6) is 5.75 Å². The van der Waals surface area contributed by atoms with E-state index in [2.05, 4.69) is 17.0 Å². The average Bonchev–Trinajstić information content (AvgIpc) is 3.17. The SMILES string of the molecule is COc1ccc(N2CCN(S(=O)(=O)c3ccc4c(c3)Cc3ccccc3-4)CC2)cc1. The van der Waals surface area contributed by atoms with Gasteiger partial charge in [-0.3, -0.25) is 0 Å². The lowest BCUT2D eigenvalue weighted by atomic mass is 10.1. The minimum Gasteiger partial charge on any atom is -0.497 e. The molecule has 5 nitrogen and oxygen atoms in total. The molecular formula is C24H24N2O3S. The van der Waals surface area contributed by atoms with Crippen molar-refractivity contribution in [2.45, 2.75) is 11.3 Å². The van der Waals surface area contributed by atoms with Gasteiger partial charge in [-0.15, -0.1) is 0 Å². The number of hydrogen-bond acceptors (Lipinski definition) is 4. The van der Waals surface area contributed by atoms with Gasteiger partial charge in [0.15, 0.2) is 0 Å². The van der Waals surface area contributed by atoms with Crippen LogP contribution in [0.4, 0.5) is 5.69 Å². The van der Waals surface area contributed by atoms with Gasteiger partial charge in [-0.05, 0) is 65.1 Å². The summed E-state index contributed by atoms with van der Waals surface area (Å²) in [5.41, 5.74) is 5.80. The van der Waals surface area contributed by atoms with Gasteiger partial charge in [0.1, 0.15) is 5.75 Å². The zero-order valence-corrected chi connectivity index (χ0v) is 17.7. The normalized spacial score (nSPS) is 16.2. The van der Waals surface area contributed by atoms with Gasteiger partial charge in [0, 0.05) is 31.9 Å². The summed E-state index contributed by atoms with van der Waals surface area (Å²) in [6, 6.07) is 21.7. The number of rotatable bonds is 4. The van der Waals surface area contributed by atoms with Crippen molar-refractivity contribution in [2.24, 2.45) is 0 Å². The van der Waals surface area contributed by atoms with Crippen LogP contribution in [0.1, 0.15) is 11.1 Å². The van der Waals surface area contributed by atoms with Crippen LogP contribution in [-0.4, -0.2) is 46.0 Å². The molecule has 30 heavy (non-hydrogen) atoms. The lowest BCUT2D eigenvalue weighted by molar-refractivity contribution is 0.384. The minimum atomic E-state index is -3.50. The Morgan fingerprint density at radius 3 is 2.23 bits per heavy atom. The minimum absolute atomic E-state index is 0.395. The molecule has 6 heteroatoms. The molecule has 0 saturated carbocycles. The highest BCUT2D eigenvalue weighted by molar-refractivity contribution is 7.89. The van der Waals surface area contributed by atoms with Crippen molar-refractivity contribution in [3.63, 3.8) is 0 Å². The zero-order chi connectivity index (χ0) is 20.7. The van der Waals surface area contributed by atoms with Crippen LogP contribution in [-0.2, 0) is 16.4 Å². The summed E-state index contributed by atoms with van der Waals surface area (Å²) in [6.07, 6.45) is 0.792. The third kappa shape index (κ3) is 3.26. The summed E-state index contributed by atoms with van der Waals surface area (Å²) in [5.74, 6) is 0.818. The summed E-state index contributed by atoms with van der Waals surface area (Å²) in [6.45, 7) is 2.29. The van der Waals surface area contributed by atoms with E-state index in [-0.39, 0.29) is 0 Å². The standard InChI is InChI=1S/C24H24N2O3S/c1-29-21-8-6-20(7-9-21)25-12-14-26(15-13-25)30(27,28)22-10-11-24-19(17-22)16-18-4-2-3-5-23(18)24/h2-11,17H,12-16H2,1H3. The predicted molar refractivity (Wildman–Crippen MR) is 119 cm³/mol. The van der Waals surface area contributed by atoms with Crippen molar-refractivity contribution in [2.75, 3.05) is 38.2 Å². The molecule has 0 atom stereocenters. The molecule has 0 bridgehead atoms. The number of sulfonamides is 1. The summed E-state index contributed by atoms with van der Waals surface area (Å²) in [4.78, 5) is 2.61. The van der Waals surface area contributed by atoms with Gasteiger partial charge in [0.2, 0.25) is 10.0 Å². The van der Waals surface area contributed by atoms with Gasteiger partial charge in [-0.2, -0.15) is 4.31 Å². The van der Waals surface area contributed by atoms with E-state index >= 15 is 0 Å². The molecule has 1 saturated heterocycles. The van der Waals surface area contributed by atoms with Crippen molar-refractivity contribution in [3.05, 3.63) is 77.9 Å². The van der Waals surface area contributed by atoms with Gasteiger partial charge in [0.05, 0.1) is 12.0 Å². The Kier molecular flexibility index (Phi) is 4.76. The number of fused-ring (bicyclic) bond motifs is 3. The molecule has 0 spiro atoms. The van der Waals surface area contributed by atoms with E-state index in [4.69, 9.17) is 4.74 Å². The van der Waals surface area contributed by atoms with Gasteiger partial charge >= 0.3 is 0 Å². The van der Waals surface area contributed by atoms with Crippen LogP contribution < -0.4 is 9.64 Å². The summed E-state index contributed by atoms with van der Waals surface area (Å²) >= 11 is 0. The number of piperazine rings is 1. The van der Waals surface area contributed by atoms with Crippen LogP contribution in [0.3, 0.4) is 0 Å². The van der Waals surface area contributed by atoms with Crippen LogP contribution in [0.25, 0.3) is 11.1 Å². The third-order valence-corrected chi connectivity index (χ3v) is 7.97. The van der Waals surface area contributed by atoms with E-state index in [9.17, 15) is 8.42 Å². The van der Waals surface area contributed by atoms with Crippen LogP contribution in [0.2, 0.25) is 0 Å². The second-order valence-electron chi connectivity index (χ2n) is 7.74. The molecule has 5 rings (SSSR count). The molecule has 1 aliphatic heterocycles. The molecule has 0 amide bonds.